The van der Waals surface area contributed by atoms with Crippen molar-refractivity contribution < 1.29 is 13.9 Å². The van der Waals surface area contributed by atoms with Crippen LogP contribution in [0, 0.1) is 0 Å². The van der Waals surface area contributed by atoms with Gasteiger partial charge in [0.2, 0.25) is 0 Å². The van der Waals surface area contributed by atoms with E-state index in [0.717, 1.165) is 5.56 Å². The van der Waals surface area contributed by atoms with Crippen molar-refractivity contribution in [2.45, 2.75) is 12.5 Å². The van der Waals surface area contributed by atoms with Gasteiger partial charge in [0.15, 0.2) is 0 Å². The van der Waals surface area contributed by atoms with E-state index in [1.54, 1.807) is 26.4 Å². The van der Waals surface area contributed by atoms with Gasteiger partial charge in [-0.15, -0.1) is 12.4 Å². The Morgan fingerprint density at radius 3 is 2.12 bits per heavy atom. The Hall–Kier alpha value is -1.00. The number of hydrogen-bond acceptors (Lipinski definition) is 3. The zero-order valence-corrected chi connectivity index (χ0v) is 10.2. The van der Waals surface area contributed by atoms with Gasteiger partial charge in [0.25, 0.3) is 0 Å². The molecule has 2 N–H and O–H groups in total. The zero-order chi connectivity index (χ0) is 11.3. The lowest BCUT2D eigenvalue weighted by Gasteiger charge is -2.17. The van der Waals surface area contributed by atoms with Crippen LogP contribution < -0.4 is 15.2 Å². The number of nitrogens with two attached hydrogens (primary N) is 1. The lowest BCUT2D eigenvalue weighted by molar-refractivity contribution is 0.369. The van der Waals surface area contributed by atoms with Crippen LogP contribution in [0.5, 0.6) is 11.5 Å². The van der Waals surface area contributed by atoms with E-state index in [2.05, 4.69) is 0 Å². The Labute approximate surface area is 101 Å². The summed E-state index contributed by atoms with van der Waals surface area (Å²) in [5.41, 5.74) is 6.58. The molecule has 0 unspecified atom stereocenters. The van der Waals surface area contributed by atoms with Crippen LogP contribution in [-0.4, -0.2) is 20.9 Å². The molecule has 0 spiro atoms. The van der Waals surface area contributed by atoms with Crippen LogP contribution in [0.1, 0.15) is 18.0 Å². The molecule has 0 radical (unpaired) electrons. The molecule has 0 aliphatic rings. The van der Waals surface area contributed by atoms with E-state index in [0.29, 0.717) is 11.5 Å². The molecular weight excluding hydrogens is 233 g/mol. The van der Waals surface area contributed by atoms with Crippen LogP contribution >= 0.6 is 12.4 Å². The second-order valence-electron chi connectivity index (χ2n) is 3.16. The van der Waals surface area contributed by atoms with Crippen molar-refractivity contribution in [3.8, 4) is 11.5 Å². The van der Waals surface area contributed by atoms with Gasteiger partial charge < -0.3 is 15.2 Å². The highest BCUT2D eigenvalue weighted by Crippen LogP contribution is 2.34. The number of benzene rings is 1. The Morgan fingerprint density at radius 2 is 1.75 bits per heavy atom. The average Bonchev–Trinajstić information content (AvgIpc) is 2.28. The quantitative estimate of drug-likeness (QED) is 0.872. The first-order chi connectivity index (χ1) is 7.24. The fraction of sp³-hybridized carbons (Fsp3) is 0.455. The molecule has 1 rings (SSSR count). The van der Waals surface area contributed by atoms with Crippen molar-refractivity contribution >= 4 is 12.4 Å². The minimum absolute atomic E-state index is 0. The molecule has 1 aromatic rings. The normalized spacial score (nSPS) is 11.5. The van der Waals surface area contributed by atoms with E-state index < -0.39 is 12.7 Å². The van der Waals surface area contributed by atoms with Gasteiger partial charge in [-0.25, -0.2) is 0 Å². The van der Waals surface area contributed by atoms with Crippen molar-refractivity contribution in [2.24, 2.45) is 5.73 Å². The summed E-state index contributed by atoms with van der Waals surface area (Å²) >= 11 is 0. The smallest absolute Gasteiger partial charge is 0.127 e. The molecule has 0 aromatic heterocycles. The summed E-state index contributed by atoms with van der Waals surface area (Å²) in [6.45, 7) is -0.456. The highest BCUT2D eigenvalue weighted by molar-refractivity contribution is 5.85. The molecule has 0 saturated carbocycles. The summed E-state index contributed by atoms with van der Waals surface area (Å²) in [5.74, 6) is 1.27. The van der Waals surface area contributed by atoms with Gasteiger partial charge in [0, 0.05) is 6.04 Å². The summed E-state index contributed by atoms with van der Waals surface area (Å²) in [6, 6.07) is 4.98. The van der Waals surface area contributed by atoms with E-state index in [4.69, 9.17) is 15.2 Å². The van der Waals surface area contributed by atoms with Crippen molar-refractivity contribution in [3.63, 3.8) is 0 Å². The minimum atomic E-state index is -0.456. The van der Waals surface area contributed by atoms with Crippen molar-refractivity contribution in [3.05, 3.63) is 23.8 Å². The first-order valence-corrected chi connectivity index (χ1v) is 4.77. The summed E-state index contributed by atoms with van der Waals surface area (Å²) in [4.78, 5) is 0. The third kappa shape index (κ3) is 3.25. The SMILES string of the molecule is COc1cccc(OC)c1[C@H](N)CCF.Cl. The van der Waals surface area contributed by atoms with E-state index in [1.165, 1.54) is 0 Å². The minimum Gasteiger partial charge on any atom is -0.496 e. The van der Waals surface area contributed by atoms with Crippen LogP contribution in [0.15, 0.2) is 18.2 Å². The predicted octanol–water partition coefficient (Wildman–Crippen LogP) is 2.49. The van der Waals surface area contributed by atoms with Gasteiger partial charge in [-0.2, -0.15) is 0 Å². The van der Waals surface area contributed by atoms with Crippen molar-refractivity contribution in [1.82, 2.24) is 0 Å². The van der Waals surface area contributed by atoms with Crippen molar-refractivity contribution in [2.75, 3.05) is 20.9 Å². The van der Waals surface area contributed by atoms with Crippen LogP contribution in [-0.2, 0) is 0 Å². The van der Waals surface area contributed by atoms with E-state index >= 15 is 0 Å². The summed E-state index contributed by atoms with van der Waals surface area (Å²) < 4.78 is 22.6. The van der Waals surface area contributed by atoms with Gasteiger partial charge in [-0.1, -0.05) is 6.07 Å². The molecule has 16 heavy (non-hydrogen) atoms. The molecule has 0 aliphatic carbocycles. The molecule has 0 bridgehead atoms. The maximum atomic E-state index is 12.2. The Kier molecular flexibility index (Phi) is 6.85. The maximum absolute atomic E-state index is 12.2. The lowest BCUT2D eigenvalue weighted by Crippen LogP contribution is -2.13. The number of halogens is 2. The predicted molar refractivity (Wildman–Crippen MR) is 64.3 cm³/mol. The van der Waals surface area contributed by atoms with Crippen molar-refractivity contribution in [1.29, 1.82) is 0 Å². The molecule has 1 atom stereocenters. The molecule has 3 nitrogen and oxygen atoms in total. The number of alkyl halides is 1. The lowest BCUT2D eigenvalue weighted by atomic mass is 10.0. The molecule has 0 amide bonds. The number of methoxy groups -OCH3 is 2. The largest absolute Gasteiger partial charge is 0.496 e. The van der Waals surface area contributed by atoms with Gasteiger partial charge in [-0.3, -0.25) is 4.39 Å². The van der Waals surface area contributed by atoms with E-state index in [-0.39, 0.29) is 18.8 Å². The highest BCUT2D eigenvalue weighted by atomic mass is 35.5. The third-order valence-corrected chi connectivity index (χ3v) is 2.26. The van der Waals surface area contributed by atoms with Crippen LogP contribution in [0.4, 0.5) is 4.39 Å². The zero-order valence-electron chi connectivity index (χ0n) is 9.40. The van der Waals surface area contributed by atoms with E-state index in [9.17, 15) is 4.39 Å². The highest BCUT2D eigenvalue weighted by Gasteiger charge is 2.16. The summed E-state index contributed by atoms with van der Waals surface area (Å²) in [5, 5.41) is 0. The average molecular weight is 250 g/mol. The number of ether oxygens (including phenoxy) is 2. The molecule has 92 valence electrons. The topological polar surface area (TPSA) is 44.5 Å². The maximum Gasteiger partial charge on any atom is 0.127 e. The second-order valence-corrected chi connectivity index (χ2v) is 3.16. The third-order valence-electron chi connectivity index (χ3n) is 2.26. The molecule has 0 aliphatic heterocycles. The Balaban J connectivity index is 0.00000225. The van der Waals surface area contributed by atoms with Gasteiger partial charge >= 0.3 is 0 Å². The first kappa shape index (κ1) is 15.0. The molecule has 0 fully saturated rings. The van der Waals surface area contributed by atoms with Gasteiger partial charge in [0.05, 0.1) is 26.5 Å². The van der Waals surface area contributed by atoms with E-state index in [1.807, 2.05) is 6.07 Å². The first-order valence-electron chi connectivity index (χ1n) is 4.77. The van der Waals surface area contributed by atoms with Crippen LogP contribution in [0.3, 0.4) is 0 Å². The number of hydrogen-bond donors (Lipinski definition) is 1. The van der Waals surface area contributed by atoms with Gasteiger partial charge in [0.1, 0.15) is 11.5 Å². The molecule has 0 heterocycles. The Morgan fingerprint density at radius 1 is 1.25 bits per heavy atom. The molecular formula is C11H17ClFNO2. The second kappa shape index (κ2) is 7.30. The van der Waals surface area contributed by atoms with Crippen LogP contribution in [0.2, 0.25) is 0 Å². The summed E-state index contributed by atoms with van der Waals surface area (Å²) in [6.07, 6.45) is 0.261. The molecule has 0 saturated heterocycles. The summed E-state index contributed by atoms with van der Waals surface area (Å²) in [7, 11) is 3.11. The number of rotatable bonds is 5. The fourth-order valence-corrected chi connectivity index (χ4v) is 1.51. The Bertz CT molecular complexity index is 301. The van der Waals surface area contributed by atoms with Gasteiger partial charge in [-0.05, 0) is 18.6 Å². The molecule has 5 heteroatoms. The standard InChI is InChI=1S/C11H16FNO2.ClH/c1-14-9-4-3-5-10(15-2)11(9)8(13)6-7-12;/h3-5,8H,6-7,13H2,1-2H3;1H/t8-;/m1./s1. The fourth-order valence-electron chi connectivity index (χ4n) is 1.51. The monoisotopic (exact) mass is 249 g/mol. The molecule has 1 aromatic carbocycles. The van der Waals surface area contributed by atoms with Crippen LogP contribution in [0.25, 0.3) is 0 Å².